The van der Waals surface area contributed by atoms with E-state index in [0.29, 0.717) is 6.04 Å². The molecule has 0 atom stereocenters. The molecule has 1 saturated carbocycles. The predicted molar refractivity (Wildman–Crippen MR) is 26.6 cm³/mol. The second-order valence-electron chi connectivity index (χ2n) is 1.89. The van der Waals surface area contributed by atoms with E-state index < -0.39 is 0 Å². The van der Waals surface area contributed by atoms with Gasteiger partial charge in [0.1, 0.15) is 0 Å². The third-order valence-electron chi connectivity index (χ3n) is 1.20. The van der Waals surface area contributed by atoms with Gasteiger partial charge in [-0.3, -0.25) is 5.01 Å². The molecule has 1 fully saturated rings. The monoisotopic (exact) mass is 100 g/mol. The molecule has 1 aliphatic rings. The van der Waals surface area contributed by atoms with Gasteiger partial charge in [-0.15, -0.1) is 4.91 Å². The van der Waals surface area contributed by atoms with Crippen LogP contribution >= 0.6 is 0 Å². The van der Waals surface area contributed by atoms with E-state index in [-0.39, 0.29) is 0 Å². The maximum absolute atomic E-state index is 9.66. The van der Waals surface area contributed by atoms with Crippen molar-refractivity contribution < 1.29 is 0 Å². The molecule has 0 bridgehead atoms. The van der Waals surface area contributed by atoms with Gasteiger partial charge in [0.25, 0.3) is 0 Å². The molecule has 0 amide bonds. The van der Waals surface area contributed by atoms with Crippen LogP contribution in [0.5, 0.6) is 0 Å². The van der Waals surface area contributed by atoms with Gasteiger partial charge in [-0.1, -0.05) is 0 Å². The number of hydrogen-bond acceptors (Lipinski definition) is 2. The third-order valence-corrected chi connectivity index (χ3v) is 1.20. The van der Waals surface area contributed by atoms with E-state index in [1.54, 1.807) is 7.05 Å². The molecule has 3 heteroatoms. The van der Waals surface area contributed by atoms with Gasteiger partial charge in [0, 0.05) is 7.05 Å². The van der Waals surface area contributed by atoms with Crippen molar-refractivity contribution in [2.24, 2.45) is 5.29 Å². The summed E-state index contributed by atoms with van der Waals surface area (Å²) in [5.74, 6) is 0. The first kappa shape index (κ1) is 4.56. The van der Waals surface area contributed by atoms with Gasteiger partial charge >= 0.3 is 0 Å². The molecule has 40 valence electrons. The van der Waals surface area contributed by atoms with Crippen LogP contribution in [-0.4, -0.2) is 18.1 Å². The highest BCUT2D eigenvalue weighted by molar-refractivity contribution is 4.79. The van der Waals surface area contributed by atoms with E-state index in [4.69, 9.17) is 0 Å². The van der Waals surface area contributed by atoms with Gasteiger partial charge in [-0.25, -0.2) is 0 Å². The lowest BCUT2D eigenvalue weighted by molar-refractivity contribution is 0.339. The van der Waals surface area contributed by atoms with E-state index in [1.807, 2.05) is 0 Å². The Morgan fingerprint density at radius 1 is 1.71 bits per heavy atom. The van der Waals surface area contributed by atoms with Gasteiger partial charge in [-0.05, 0) is 12.8 Å². The lowest BCUT2D eigenvalue weighted by atomic mass is 10.7. The molecule has 0 aromatic heterocycles. The first-order valence-corrected chi connectivity index (χ1v) is 2.40. The summed E-state index contributed by atoms with van der Waals surface area (Å²) in [7, 11) is 1.71. The van der Waals surface area contributed by atoms with Gasteiger partial charge in [0.2, 0.25) is 0 Å². The first-order valence-electron chi connectivity index (χ1n) is 2.40. The predicted octanol–water partition coefficient (Wildman–Crippen LogP) is 0.762. The van der Waals surface area contributed by atoms with E-state index in [9.17, 15) is 4.91 Å². The summed E-state index contributed by atoms with van der Waals surface area (Å²) in [6.07, 6.45) is 2.28. The SMILES string of the molecule is CN(N=O)C1CC1. The zero-order chi connectivity index (χ0) is 5.28. The molecule has 1 rings (SSSR count). The highest BCUT2D eigenvalue weighted by Crippen LogP contribution is 2.24. The summed E-state index contributed by atoms with van der Waals surface area (Å²) in [5.41, 5.74) is 0. The molecule has 0 aromatic rings. The minimum Gasteiger partial charge on any atom is -0.261 e. The second-order valence-corrected chi connectivity index (χ2v) is 1.89. The van der Waals surface area contributed by atoms with Crippen LogP contribution < -0.4 is 0 Å². The summed E-state index contributed by atoms with van der Waals surface area (Å²) in [5, 5.41) is 4.21. The van der Waals surface area contributed by atoms with Gasteiger partial charge < -0.3 is 0 Å². The van der Waals surface area contributed by atoms with E-state index in [0.717, 1.165) is 12.8 Å². The fourth-order valence-electron chi connectivity index (χ4n) is 0.515. The number of hydrogen-bond donors (Lipinski definition) is 0. The summed E-state index contributed by atoms with van der Waals surface area (Å²) in [4.78, 5) is 9.66. The summed E-state index contributed by atoms with van der Waals surface area (Å²) in [6, 6.07) is 0.470. The molecular weight excluding hydrogens is 92.1 g/mol. The van der Waals surface area contributed by atoms with Crippen molar-refractivity contribution in [2.45, 2.75) is 18.9 Å². The Labute approximate surface area is 42.3 Å². The number of nitrogens with zero attached hydrogens (tertiary/aromatic N) is 2. The minimum atomic E-state index is 0.470. The molecule has 1 aliphatic carbocycles. The number of nitroso groups, excluding NO2 is 1. The average Bonchev–Trinajstić information content (AvgIpc) is 2.44. The average molecular weight is 100 g/mol. The molecule has 7 heavy (non-hydrogen) atoms. The standard InChI is InChI=1S/C4H8N2O/c1-6(5-7)4-2-3-4/h4H,2-3H2,1H3. The van der Waals surface area contributed by atoms with Crippen molar-refractivity contribution in [3.05, 3.63) is 4.91 Å². The van der Waals surface area contributed by atoms with Crippen molar-refractivity contribution in [3.8, 4) is 0 Å². The molecule has 0 unspecified atom stereocenters. The van der Waals surface area contributed by atoms with Crippen molar-refractivity contribution >= 4 is 0 Å². The van der Waals surface area contributed by atoms with Crippen LogP contribution in [0.3, 0.4) is 0 Å². The van der Waals surface area contributed by atoms with Gasteiger partial charge in [0.05, 0.1) is 11.3 Å². The maximum atomic E-state index is 9.66. The molecule has 0 N–H and O–H groups in total. The molecule has 3 nitrogen and oxygen atoms in total. The number of rotatable bonds is 2. The minimum absolute atomic E-state index is 0.470. The molecule has 0 aliphatic heterocycles. The van der Waals surface area contributed by atoms with Crippen LogP contribution in [0.25, 0.3) is 0 Å². The van der Waals surface area contributed by atoms with E-state index in [2.05, 4.69) is 5.29 Å². The van der Waals surface area contributed by atoms with Crippen LogP contribution in [0.4, 0.5) is 0 Å². The van der Waals surface area contributed by atoms with Gasteiger partial charge in [0.15, 0.2) is 0 Å². The topological polar surface area (TPSA) is 32.7 Å². The Bertz CT molecular complexity index is 79.8. The third kappa shape index (κ3) is 0.885. The molecule has 0 spiro atoms. The zero-order valence-electron chi connectivity index (χ0n) is 4.29. The Balaban J connectivity index is 2.22. The van der Waals surface area contributed by atoms with E-state index >= 15 is 0 Å². The Morgan fingerprint density at radius 3 is 2.43 bits per heavy atom. The van der Waals surface area contributed by atoms with E-state index in [1.165, 1.54) is 5.01 Å². The van der Waals surface area contributed by atoms with Crippen LogP contribution in [0.15, 0.2) is 5.29 Å². The van der Waals surface area contributed by atoms with Crippen molar-refractivity contribution in [2.75, 3.05) is 7.05 Å². The molecule has 0 aromatic carbocycles. The largest absolute Gasteiger partial charge is 0.261 e. The van der Waals surface area contributed by atoms with Crippen LogP contribution in [0, 0.1) is 4.91 Å². The van der Waals surface area contributed by atoms with Crippen molar-refractivity contribution in [1.29, 1.82) is 0 Å². The molecule has 0 saturated heterocycles. The lowest BCUT2D eigenvalue weighted by Crippen LogP contribution is -2.11. The highest BCUT2D eigenvalue weighted by Gasteiger charge is 2.25. The summed E-state index contributed by atoms with van der Waals surface area (Å²) in [6.45, 7) is 0. The van der Waals surface area contributed by atoms with Crippen molar-refractivity contribution in [1.82, 2.24) is 5.01 Å². The van der Waals surface area contributed by atoms with Crippen LogP contribution in [0.2, 0.25) is 0 Å². The Kier molecular flexibility index (Phi) is 0.964. The highest BCUT2D eigenvalue weighted by atomic mass is 16.3. The maximum Gasteiger partial charge on any atom is 0.0523 e. The molecular formula is C4H8N2O. The van der Waals surface area contributed by atoms with Crippen LogP contribution in [0.1, 0.15) is 12.8 Å². The first-order chi connectivity index (χ1) is 3.34. The summed E-state index contributed by atoms with van der Waals surface area (Å²) < 4.78 is 0. The lowest BCUT2D eigenvalue weighted by Gasteiger charge is -2.02. The van der Waals surface area contributed by atoms with Gasteiger partial charge in [-0.2, -0.15) is 0 Å². The Morgan fingerprint density at radius 2 is 2.29 bits per heavy atom. The Hall–Kier alpha value is -0.600. The fourth-order valence-corrected chi connectivity index (χ4v) is 0.515. The molecule has 0 heterocycles. The second kappa shape index (κ2) is 1.48. The smallest absolute Gasteiger partial charge is 0.0523 e. The normalized spacial score (nSPS) is 19.0. The quantitative estimate of drug-likeness (QED) is 0.379. The van der Waals surface area contributed by atoms with Crippen LogP contribution in [-0.2, 0) is 0 Å². The summed E-state index contributed by atoms with van der Waals surface area (Å²) >= 11 is 0. The van der Waals surface area contributed by atoms with Crippen molar-refractivity contribution in [3.63, 3.8) is 0 Å². The molecule has 0 radical (unpaired) electrons. The fraction of sp³-hybridized carbons (Fsp3) is 1.00. The zero-order valence-corrected chi connectivity index (χ0v) is 4.29.